The summed E-state index contributed by atoms with van der Waals surface area (Å²) in [5.41, 5.74) is 8.59. The van der Waals surface area contributed by atoms with Gasteiger partial charge in [-0.15, -0.1) is 0 Å². The van der Waals surface area contributed by atoms with Crippen molar-refractivity contribution >= 4 is 133 Å². The second kappa shape index (κ2) is 42.1. The van der Waals surface area contributed by atoms with Gasteiger partial charge in [0, 0.05) is 43.8 Å². The van der Waals surface area contributed by atoms with Gasteiger partial charge in [-0.25, -0.2) is 13.8 Å². The van der Waals surface area contributed by atoms with Gasteiger partial charge in [0.05, 0.1) is 39.3 Å². The number of rotatable bonds is 8. The van der Waals surface area contributed by atoms with Crippen LogP contribution in [0, 0.1) is 11.6 Å². The number of carbonyl (C=O) groups excluding carboxylic acids is 1. The molecule has 14 nitrogen and oxygen atoms in total. The maximum atomic E-state index is 13.5. The third-order valence-corrected chi connectivity index (χ3v) is 17.5. The first kappa shape index (κ1) is 83.8. The molecule has 15 rings (SSSR count). The molecule has 0 saturated carbocycles. The summed E-state index contributed by atoms with van der Waals surface area (Å²) < 4.78 is 70.3. The Kier molecular flexibility index (Phi) is 34.2. The average molecular weight is 1580 g/mol. The number of carbonyl (C=O) groups is 1. The summed E-state index contributed by atoms with van der Waals surface area (Å²) in [4.78, 5) is 24.3. The van der Waals surface area contributed by atoms with Gasteiger partial charge in [0.25, 0.3) is 6.47 Å². The molecule has 0 atom stereocenters. The van der Waals surface area contributed by atoms with Crippen molar-refractivity contribution in [2.75, 3.05) is 7.15 Å². The number of para-hydroxylation sites is 5. The molecular formula is C77H62B2BrCl4F3K2N3O11. The third-order valence-electron chi connectivity index (χ3n) is 15.3. The molecule has 103 heavy (non-hydrogen) atoms. The first-order valence-electron chi connectivity index (χ1n) is 31.1. The minimum absolute atomic E-state index is 0. The molecule has 0 spiro atoms. The van der Waals surface area contributed by atoms with Gasteiger partial charge in [0.15, 0.2) is 17.4 Å². The fourth-order valence-corrected chi connectivity index (χ4v) is 11.0. The summed E-state index contributed by atoms with van der Waals surface area (Å²) in [5, 5.41) is 41.1. The van der Waals surface area contributed by atoms with E-state index in [4.69, 9.17) is 86.1 Å². The van der Waals surface area contributed by atoms with Crippen molar-refractivity contribution in [3.8, 4) is 62.3 Å². The van der Waals surface area contributed by atoms with E-state index in [9.17, 15) is 18.3 Å². The van der Waals surface area contributed by atoms with Gasteiger partial charge in [-0.3, -0.25) is 9.18 Å². The molecule has 4 heterocycles. The standard InChI is InChI=1S/C21H14ClN3.C18H19BO3.C12H8ClFO.C12H7ClO.C6H6BO3.C6H3BrClF.CH3F.CH2O3.2K.H/c22-21-24-19(17-9-5-2-6-10-17)23-20(25-21)18-13-11-16(12-14-18)15-7-3-1-4-8-15;1-17(2)18(3,4)22-19(21-17)13-9-7-11-15-16(13)12-8-5-6-10-14(12)20-15;13-9-5-3-6-10(14)12(9)8-4-1-2-7-11(8)15;13-9-5-3-7-11-12(9)8-4-1-2-6-10(8)14-11;8-5-3-1-2-4-6(5)10-7-9;7-6-4(8)2-1-3-5(6)9;1-2;2-1-4-3;;;/h1-14H;5-11H,1-4H3;1-7,15H;1-7H;1-4,8-9H;1-3H;1H3;1,3H;;;/q;;;;;;;;2*+1;-1/p-1/i;;;;;;1D;;;;. The zero-order valence-electron chi connectivity index (χ0n) is 58.2. The van der Waals surface area contributed by atoms with Crippen LogP contribution in [-0.2, 0) is 19.0 Å². The van der Waals surface area contributed by atoms with Gasteiger partial charge in [-0.1, -0.05) is 217 Å². The summed E-state index contributed by atoms with van der Waals surface area (Å²) >= 11 is 26.6. The van der Waals surface area contributed by atoms with Crippen molar-refractivity contribution in [2.45, 2.75) is 38.9 Å². The van der Waals surface area contributed by atoms with Crippen molar-refractivity contribution in [1.29, 1.82) is 0 Å². The quantitative estimate of drug-likeness (QED) is 0.0426. The van der Waals surface area contributed by atoms with Crippen LogP contribution in [0.15, 0.2) is 268 Å². The molecule has 1 saturated heterocycles. The second-order valence-electron chi connectivity index (χ2n) is 22.2. The third kappa shape index (κ3) is 23.0. The van der Waals surface area contributed by atoms with Crippen LogP contribution in [0.2, 0.25) is 20.4 Å². The Morgan fingerprint density at radius 1 is 0.534 bits per heavy atom. The van der Waals surface area contributed by atoms with Crippen LogP contribution in [-0.4, -0.2) is 69.8 Å². The van der Waals surface area contributed by atoms with E-state index < -0.39 is 13.0 Å². The molecule has 3 aromatic heterocycles. The summed E-state index contributed by atoms with van der Waals surface area (Å²) in [5.74, 6) is 0.634. The molecule has 3 N–H and O–H groups in total. The maximum Gasteiger partial charge on any atom is 1.00 e. The van der Waals surface area contributed by atoms with E-state index in [-0.39, 0.29) is 168 Å². The molecule has 0 aliphatic carbocycles. The van der Waals surface area contributed by atoms with E-state index in [1.807, 2.05) is 133 Å². The first-order valence-corrected chi connectivity index (χ1v) is 32.7. The van der Waals surface area contributed by atoms with Crippen LogP contribution < -0.4 is 118 Å². The van der Waals surface area contributed by atoms with Gasteiger partial charge in [0.1, 0.15) is 45.5 Å². The number of halogens is 8. The molecule has 11 aromatic carbocycles. The first-order chi connectivity index (χ1) is 49.1. The molecule has 515 valence electrons. The van der Waals surface area contributed by atoms with E-state index in [0.717, 1.165) is 71.1 Å². The van der Waals surface area contributed by atoms with Crippen molar-refractivity contribution in [1.82, 2.24) is 15.0 Å². The van der Waals surface area contributed by atoms with Crippen LogP contribution in [0.25, 0.3) is 88.9 Å². The van der Waals surface area contributed by atoms with Crippen molar-refractivity contribution in [3.05, 3.63) is 291 Å². The average Bonchev–Trinajstić information content (AvgIpc) is 1.60. The fourth-order valence-electron chi connectivity index (χ4n) is 9.87. The summed E-state index contributed by atoms with van der Waals surface area (Å²) in [6, 6.07) is 77.7. The molecule has 1 aliphatic heterocycles. The largest absolute Gasteiger partial charge is 1.00 e. The number of hydrogen-bond donors (Lipinski definition) is 3. The molecule has 26 heteroatoms. The van der Waals surface area contributed by atoms with Crippen LogP contribution in [0.5, 0.6) is 17.2 Å². The maximum absolute atomic E-state index is 13.5. The van der Waals surface area contributed by atoms with E-state index in [0.29, 0.717) is 34.4 Å². The molecule has 1 fully saturated rings. The second-order valence-corrected chi connectivity index (χ2v) is 24.6. The van der Waals surface area contributed by atoms with Crippen LogP contribution in [0.1, 0.15) is 30.5 Å². The number of benzene rings is 11. The van der Waals surface area contributed by atoms with E-state index >= 15 is 0 Å². The van der Waals surface area contributed by atoms with Crippen molar-refractivity contribution < 1.29 is 172 Å². The zero-order valence-corrected chi connectivity index (χ0v) is 67.0. The molecule has 1 aliphatic rings. The normalized spacial score (nSPS) is 12.0. The summed E-state index contributed by atoms with van der Waals surface area (Å²) in [6.45, 7) is 8.10. The molecule has 0 amide bonds. The monoisotopic (exact) mass is 1580 g/mol. The number of aromatic nitrogens is 3. The SMILES string of the molecule is CC1(C)OB(c2cccc3oc4ccccc4c23)OC1(C)C.Clc1cccc2oc3ccccc3c12.Clc1nc(-c2ccccc2)nc(-c2ccc(-c3ccccc3)cc2)n1.Fc1cccc(Cl)c1Br.O=CO[O-].O[B]Oc1ccccc1O.Oc1ccccc1-c1c(F)cccc1Cl.[2H]CF.[H-].[K+].[K+]. The van der Waals surface area contributed by atoms with E-state index in [1.165, 1.54) is 35.9 Å². The minimum atomic E-state index is -1.00. The number of alkyl halides is 1. The zero-order chi connectivity index (χ0) is 73.3. The Morgan fingerprint density at radius 2 is 0.951 bits per heavy atom. The molecule has 1 radical (unpaired) electrons. The minimum Gasteiger partial charge on any atom is -1.00 e. The number of phenolic OH excluding ortho intramolecular Hbond substituents is 2. The smallest absolute Gasteiger partial charge is 1.00 e. The summed E-state index contributed by atoms with van der Waals surface area (Å²) in [6.07, 6.45) is 0. The Balaban J connectivity index is 0.000000228. The van der Waals surface area contributed by atoms with Gasteiger partial charge < -0.3 is 49.6 Å². The molecular weight excluding hydrogens is 1520 g/mol. The van der Waals surface area contributed by atoms with Crippen LogP contribution in [0.4, 0.5) is 13.2 Å². The van der Waals surface area contributed by atoms with Crippen molar-refractivity contribution in [3.63, 3.8) is 0 Å². The van der Waals surface area contributed by atoms with E-state index in [1.54, 1.807) is 54.6 Å². The number of hydrogen-bond acceptors (Lipinski definition) is 14. The number of aromatic hydroxyl groups is 2. The molecule has 0 unspecified atom stereocenters. The Hall–Kier alpha value is -6.43. The number of fused-ring (bicyclic) bond motifs is 6. The fraction of sp³-hybridized carbons (Fsp3) is 0.0909. The van der Waals surface area contributed by atoms with Crippen LogP contribution in [0.3, 0.4) is 0 Å². The number of furan rings is 2. The Bertz CT molecular complexity index is 5000. The number of nitrogens with zero attached hydrogens (tertiary/aromatic N) is 3. The molecule has 0 bridgehead atoms. The summed E-state index contributed by atoms with van der Waals surface area (Å²) in [7, 11) is -0.857. The predicted molar refractivity (Wildman–Crippen MR) is 399 cm³/mol. The van der Waals surface area contributed by atoms with E-state index in [2.05, 4.69) is 105 Å². The predicted octanol–water partition coefficient (Wildman–Crippen LogP) is 14.2. The van der Waals surface area contributed by atoms with Gasteiger partial charge in [0.2, 0.25) is 5.28 Å². The van der Waals surface area contributed by atoms with Crippen LogP contribution >= 0.6 is 62.3 Å². The van der Waals surface area contributed by atoms with Crippen molar-refractivity contribution in [2.24, 2.45) is 0 Å². The Morgan fingerprint density at radius 3 is 1.48 bits per heavy atom. The van der Waals surface area contributed by atoms with Gasteiger partial charge in [-0.05, 0) is 145 Å². The topological polar surface area (TPSA) is 203 Å². The Labute approximate surface area is 710 Å². The number of phenols is 2. The molecule has 14 aromatic rings. The van der Waals surface area contributed by atoms with Gasteiger partial charge >= 0.3 is 118 Å². The van der Waals surface area contributed by atoms with Gasteiger partial charge in [-0.2, -0.15) is 9.97 Å².